The Kier molecular flexibility index (Phi) is 4.38. The van der Waals surface area contributed by atoms with Crippen LogP contribution in [0.4, 0.5) is 0 Å². The van der Waals surface area contributed by atoms with Crippen molar-refractivity contribution < 1.29 is 5.11 Å². The second kappa shape index (κ2) is 5.80. The van der Waals surface area contributed by atoms with Crippen LogP contribution in [-0.2, 0) is 13.0 Å². The number of rotatable bonds is 4. The fourth-order valence-corrected chi connectivity index (χ4v) is 2.74. The van der Waals surface area contributed by atoms with Gasteiger partial charge >= 0.3 is 0 Å². The zero-order chi connectivity index (χ0) is 11.4. The third kappa shape index (κ3) is 3.06. The van der Waals surface area contributed by atoms with E-state index in [1.807, 2.05) is 0 Å². The average molecular weight is 284 g/mol. The van der Waals surface area contributed by atoms with Crippen molar-refractivity contribution in [2.24, 2.45) is 0 Å². The quantitative estimate of drug-likeness (QED) is 0.918. The van der Waals surface area contributed by atoms with E-state index in [0.29, 0.717) is 0 Å². The molecule has 1 aliphatic heterocycles. The number of hydrogen-bond donors (Lipinski definition) is 1. The fourth-order valence-electron chi connectivity index (χ4n) is 2.19. The van der Waals surface area contributed by atoms with Gasteiger partial charge in [-0.2, -0.15) is 0 Å². The van der Waals surface area contributed by atoms with Gasteiger partial charge in [0.2, 0.25) is 0 Å². The average Bonchev–Trinajstić information content (AvgIpc) is 2.75. The summed E-state index contributed by atoms with van der Waals surface area (Å²) in [5, 5.41) is 8.89. The van der Waals surface area contributed by atoms with E-state index in [1.165, 1.54) is 41.5 Å². The molecule has 0 amide bonds. The molecular weight excluding hydrogens is 266 g/mol. The molecule has 0 atom stereocenters. The summed E-state index contributed by atoms with van der Waals surface area (Å²) in [7, 11) is 0. The molecule has 0 unspecified atom stereocenters. The highest BCUT2D eigenvalue weighted by Crippen LogP contribution is 2.22. The van der Waals surface area contributed by atoms with E-state index in [-0.39, 0.29) is 6.61 Å². The summed E-state index contributed by atoms with van der Waals surface area (Å²) in [6.45, 7) is 3.72. The number of nitrogens with zero attached hydrogens (tertiary/aromatic N) is 1. The van der Waals surface area contributed by atoms with Crippen LogP contribution in [0.15, 0.2) is 22.7 Å². The second-order valence-electron chi connectivity index (χ2n) is 4.38. The van der Waals surface area contributed by atoms with Crippen molar-refractivity contribution in [1.29, 1.82) is 0 Å². The lowest BCUT2D eigenvalue weighted by atomic mass is 10.1. The van der Waals surface area contributed by atoms with Gasteiger partial charge in [0.25, 0.3) is 0 Å². The van der Waals surface area contributed by atoms with Crippen LogP contribution >= 0.6 is 15.9 Å². The number of likely N-dealkylation sites (tertiary alicyclic amines) is 1. The maximum absolute atomic E-state index is 8.89. The van der Waals surface area contributed by atoms with Gasteiger partial charge in [0.15, 0.2) is 0 Å². The van der Waals surface area contributed by atoms with Crippen LogP contribution in [0.1, 0.15) is 24.0 Å². The molecule has 1 saturated heterocycles. The summed E-state index contributed by atoms with van der Waals surface area (Å²) in [5.74, 6) is 0. The van der Waals surface area contributed by atoms with Crippen LogP contribution < -0.4 is 0 Å². The summed E-state index contributed by atoms with van der Waals surface area (Å²) in [5.41, 5.74) is 2.54. The number of halogens is 1. The molecular formula is C13H18BrNO. The molecule has 1 aromatic rings. The molecule has 0 saturated carbocycles. The van der Waals surface area contributed by atoms with E-state index in [4.69, 9.17) is 5.11 Å². The van der Waals surface area contributed by atoms with E-state index >= 15 is 0 Å². The van der Waals surface area contributed by atoms with Gasteiger partial charge in [-0.25, -0.2) is 0 Å². The third-order valence-corrected chi connectivity index (χ3v) is 3.85. The minimum Gasteiger partial charge on any atom is -0.396 e. The summed E-state index contributed by atoms with van der Waals surface area (Å²) < 4.78 is 1.17. The largest absolute Gasteiger partial charge is 0.396 e. The Labute approximate surface area is 105 Å². The SMILES string of the molecule is OCCc1ccc(CN2CCCC2)c(Br)c1. The third-order valence-electron chi connectivity index (χ3n) is 3.11. The molecule has 2 rings (SSSR count). The maximum Gasteiger partial charge on any atom is 0.0471 e. The molecule has 0 bridgehead atoms. The molecule has 3 heteroatoms. The summed E-state index contributed by atoms with van der Waals surface area (Å²) in [4.78, 5) is 2.49. The topological polar surface area (TPSA) is 23.5 Å². The Balaban J connectivity index is 2.03. The van der Waals surface area contributed by atoms with E-state index in [9.17, 15) is 0 Å². The van der Waals surface area contributed by atoms with Crippen LogP contribution in [0.3, 0.4) is 0 Å². The molecule has 1 fully saturated rings. The normalized spacial score (nSPS) is 16.9. The van der Waals surface area contributed by atoms with Gasteiger partial charge in [-0.3, -0.25) is 4.90 Å². The first-order valence-electron chi connectivity index (χ1n) is 5.90. The van der Waals surface area contributed by atoms with Gasteiger partial charge in [-0.15, -0.1) is 0 Å². The lowest BCUT2D eigenvalue weighted by Gasteiger charge is -2.16. The van der Waals surface area contributed by atoms with Crippen molar-refractivity contribution in [2.75, 3.05) is 19.7 Å². The highest BCUT2D eigenvalue weighted by Gasteiger charge is 2.13. The number of aliphatic hydroxyl groups excluding tert-OH is 1. The van der Waals surface area contributed by atoms with Gasteiger partial charge in [0.1, 0.15) is 0 Å². The standard InChI is InChI=1S/C13H18BrNO/c14-13-9-11(5-8-16)3-4-12(13)10-15-6-1-2-7-15/h3-4,9,16H,1-2,5-8,10H2. The predicted molar refractivity (Wildman–Crippen MR) is 69.4 cm³/mol. The predicted octanol–water partition coefficient (Wildman–Crippen LogP) is 2.58. The first-order chi connectivity index (χ1) is 7.79. The van der Waals surface area contributed by atoms with E-state index < -0.39 is 0 Å². The fraction of sp³-hybridized carbons (Fsp3) is 0.538. The van der Waals surface area contributed by atoms with Crippen molar-refractivity contribution in [3.05, 3.63) is 33.8 Å². The first-order valence-corrected chi connectivity index (χ1v) is 6.69. The Hall–Kier alpha value is -0.380. The summed E-state index contributed by atoms with van der Waals surface area (Å²) in [6.07, 6.45) is 3.41. The number of aliphatic hydroxyl groups is 1. The molecule has 1 aromatic carbocycles. The molecule has 0 spiro atoms. The van der Waals surface area contributed by atoms with Crippen molar-refractivity contribution in [2.45, 2.75) is 25.8 Å². The van der Waals surface area contributed by atoms with E-state index in [1.54, 1.807) is 0 Å². The van der Waals surface area contributed by atoms with E-state index in [0.717, 1.165) is 13.0 Å². The van der Waals surface area contributed by atoms with Gasteiger partial charge in [0, 0.05) is 17.6 Å². The van der Waals surface area contributed by atoms with Crippen molar-refractivity contribution in [3.63, 3.8) is 0 Å². The van der Waals surface area contributed by atoms with Gasteiger partial charge < -0.3 is 5.11 Å². The smallest absolute Gasteiger partial charge is 0.0471 e. The molecule has 1 aliphatic rings. The Morgan fingerprint density at radius 1 is 1.25 bits per heavy atom. The minimum atomic E-state index is 0.220. The molecule has 0 aliphatic carbocycles. The van der Waals surface area contributed by atoms with Crippen molar-refractivity contribution >= 4 is 15.9 Å². The zero-order valence-electron chi connectivity index (χ0n) is 9.45. The summed E-state index contributed by atoms with van der Waals surface area (Å²) >= 11 is 3.62. The lowest BCUT2D eigenvalue weighted by Crippen LogP contribution is -2.18. The molecule has 0 radical (unpaired) electrons. The lowest BCUT2D eigenvalue weighted by molar-refractivity contribution is 0.299. The minimum absolute atomic E-state index is 0.220. The van der Waals surface area contributed by atoms with Crippen LogP contribution in [0.25, 0.3) is 0 Å². The first kappa shape index (κ1) is 12.1. The highest BCUT2D eigenvalue weighted by atomic mass is 79.9. The van der Waals surface area contributed by atoms with Crippen LogP contribution in [-0.4, -0.2) is 29.7 Å². The number of benzene rings is 1. The molecule has 0 aromatic heterocycles. The Bertz CT molecular complexity index is 348. The Morgan fingerprint density at radius 3 is 2.62 bits per heavy atom. The molecule has 1 heterocycles. The maximum atomic E-state index is 8.89. The van der Waals surface area contributed by atoms with Crippen molar-refractivity contribution in [1.82, 2.24) is 4.90 Å². The van der Waals surface area contributed by atoms with Gasteiger partial charge in [-0.1, -0.05) is 28.1 Å². The second-order valence-corrected chi connectivity index (χ2v) is 5.24. The van der Waals surface area contributed by atoms with E-state index in [2.05, 4.69) is 39.0 Å². The zero-order valence-corrected chi connectivity index (χ0v) is 11.0. The van der Waals surface area contributed by atoms with Crippen LogP contribution in [0, 0.1) is 0 Å². The van der Waals surface area contributed by atoms with Crippen LogP contribution in [0.5, 0.6) is 0 Å². The Morgan fingerprint density at radius 2 is 2.00 bits per heavy atom. The summed E-state index contributed by atoms with van der Waals surface area (Å²) in [6, 6.07) is 6.42. The van der Waals surface area contributed by atoms with Gasteiger partial charge in [0.05, 0.1) is 0 Å². The van der Waals surface area contributed by atoms with Crippen molar-refractivity contribution in [3.8, 4) is 0 Å². The number of hydrogen-bond acceptors (Lipinski definition) is 2. The van der Waals surface area contributed by atoms with Crippen LogP contribution in [0.2, 0.25) is 0 Å². The monoisotopic (exact) mass is 283 g/mol. The molecule has 1 N–H and O–H groups in total. The molecule has 88 valence electrons. The molecule has 16 heavy (non-hydrogen) atoms. The highest BCUT2D eigenvalue weighted by molar-refractivity contribution is 9.10. The van der Waals surface area contributed by atoms with Gasteiger partial charge in [-0.05, 0) is 49.5 Å². The molecule has 2 nitrogen and oxygen atoms in total.